The van der Waals surface area contributed by atoms with Crippen LogP contribution in [0.2, 0.25) is 0 Å². The summed E-state index contributed by atoms with van der Waals surface area (Å²) in [6.45, 7) is 7.24. The van der Waals surface area contributed by atoms with E-state index in [9.17, 15) is 0 Å². The highest BCUT2D eigenvalue weighted by molar-refractivity contribution is 5.43. The van der Waals surface area contributed by atoms with Crippen molar-refractivity contribution in [3.63, 3.8) is 0 Å². The molecule has 0 saturated carbocycles. The summed E-state index contributed by atoms with van der Waals surface area (Å²) in [7, 11) is 0. The summed E-state index contributed by atoms with van der Waals surface area (Å²) in [5, 5.41) is 3.37. The van der Waals surface area contributed by atoms with Crippen LogP contribution in [-0.4, -0.2) is 31.8 Å². The number of nitrogens with one attached hydrogen (secondary N) is 1. The molecule has 0 aromatic heterocycles. The van der Waals surface area contributed by atoms with Crippen LogP contribution in [0.5, 0.6) is 11.5 Å². The van der Waals surface area contributed by atoms with Crippen molar-refractivity contribution >= 4 is 0 Å². The zero-order valence-corrected chi connectivity index (χ0v) is 11.9. The minimum atomic E-state index is -0.162. The number of benzene rings is 1. The maximum atomic E-state index is 5.92. The van der Waals surface area contributed by atoms with Gasteiger partial charge in [-0.05, 0) is 44.5 Å². The summed E-state index contributed by atoms with van der Waals surface area (Å²) in [5.41, 5.74) is 7.02. The van der Waals surface area contributed by atoms with Crippen molar-refractivity contribution in [3.05, 3.63) is 23.8 Å². The molecule has 106 valence electrons. The van der Waals surface area contributed by atoms with E-state index in [0.29, 0.717) is 0 Å². The van der Waals surface area contributed by atoms with Gasteiger partial charge in [0.15, 0.2) is 11.5 Å². The molecule has 1 aliphatic heterocycles. The highest BCUT2D eigenvalue weighted by Crippen LogP contribution is 2.30. The fourth-order valence-corrected chi connectivity index (χ4v) is 2.01. The second-order valence-corrected chi connectivity index (χ2v) is 5.75. The molecule has 1 aromatic rings. The first kappa shape index (κ1) is 14.2. The Morgan fingerprint density at radius 1 is 1.21 bits per heavy atom. The van der Waals surface area contributed by atoms with Crippen LogP contribution in [0.25, 0.3) is 0 Å². The van der Waals surface area contributed by atoms with Gasteiger partial charge < -0.3 is 20.5 Å². The lowest BCUT2D eigenvalue weighted by Gasteiger charge is -2.19. The molecule has 1 heterocycles. The predicted molar refractivity (Wildman–Crippen MR) is 76.9 cm³/mol. The molecule has 4 heteroatoms. The summed E-state index contributed by atoms with van der Waals surface area (Å²) in [5.74, 6) is 1.73. The van der Waals surface area contributed by atoms with Gasteiger partial charge in [0.25, 0.3) is 0 Å². The van der Waals surface area contributed by atoms with Gasteiger partial charge in [-0.1, -0.05) is 6.07 Å². The van der Waals surface area contributed by atoms with E-state index in [2.05, 4.69) is 17.4 Å². The standard InChI is InChI=1S/C15H24N2O2/c1-15(2,16)11-17-7-6-12-4-5-13-14(10-12)19-9-3-8-18-13/h4-5,10,17H,3,6-9,11,16H2,1-2H3. The largest absolute Gasteiger partial charge is 0.490 e. The number of fused-ring (bicyclic) bond motifs is 1. The lowest BCUT2D eigenvalue weighted by Crippen LogP contribution is -2.43. The first-order chi connectivity index (χ1) is 9.04. The van der Waals surface area contributed by atoms with Gasteiger partial charge in [0.1, 0.15) is 0 Å². The summed E-state index contributed by atoms with van der Waals surface area (Å²) < 4.78 is 11.3. The van der Waals surface area contributed by atoms with E-state index in [1.165, 1.54) is 5.56 Å². The van der Waals surface area contributed by atoms with Crippen molar-refractivity contribution < 1.29 is 9.47 Å². The molecule has 0 fully saturated rings. The smallest absolute Gasteiger partial charge is 0.161 e. The van der Waals surface area contributed by atoms with Crippen molar-refractivity contribution in [1.82, 2.24) is 5.32 Å². The van der Waals surface area contributed by atoms with E-state index in [0.717, 1.165) is 50.6 Å². The Morgan fingerprint density at radius 3 is 2.68 bits per heavy atom. The summed E-state index contributed by atoms with van der Waals surface area (Å²) in [6, 6.07) is 6.18. The molecule has 3 N–H and O–H groups in total. The molecule has 0 bridgehead atoms. The molecule has 0 radical (unpaired) electrons. The third-order valence-corrected chi connectivity index (χ3v) is 2.98. The van der Waals surface area contributed by atoms with Crippen molar-refractivity contribution in [2.75, 3.05) is 26.3 Å². The van der Waals surface area contributed by atoms with Crippen molar-refractivity contribution in [3.8, 4) is 11.5 Å². The molecule has 1 aromatic carbocycles. The number of hydrogen-bond acceptors (Lipinski definition) is 4. The number of ether oxygens (including phenoxy) is 2. The number of hydrogen-bond donors (Lipinski definition) is 2. The van der Waals surface area contributed by atoms with Gasteiger partial charge in [0.05, 0.1) is 13.2 Å². The molecule has 0 atom stereocenters. The van der Waals surface area contributed by atoms with E-state index in [-0.39, 0.29) is 5.54 Å². The van der Waals surface area contributed by atoms with E-state index in [1.807, 2.05) is 19.9 Å². The minimum absolute atomic E-state index is 0.162. The molecule has 0 spiro atoms. The van der Waals surface area contributed by atoms with E-state index in [1.54, 1.807) is 0 Å². The van der Waals surface area contributed by atoms with Crippen LogP contribution >= 0.6 is 0 Å². The summed E-state index contributed by atoms with van der Waals surface area (Å²) in [4.78, 5) is 0. The third kappa shape index (κ3) is 4.73. The Hall–Kier alpha value is -1.26. The van der Waals surface area contributed by atoms with Gasteiger partial charge >= 0.3 is 0 Å². The Bertz CT molecular complexity index is 413. The molecular formula is C15H24N2O2. The lowest BCUT2D eigenvalue weighted by molar-refractivity contribution is 0.297. The van der Waals surface area contributed by atoms with Gasteiger partial charge in [-0.3, -0.25) is 0 Å². The molecule has 2 rings (SSSR count). The number of nitrogens with two attached hydrogens (primary N) is 1. The first-order valence-corrected chi connectivity index (χ1v) is 6.93. The van der Waals surface area contributed by atoms with Crippen LogP contribution in [0.15, 0.2) is 18.2 Å². The van der Waals surface area contributed by atoms with Crippen molar-refractivity contribution in [2.45, 2.75) is 32.2 Å². The maximum absolute atomic E-state index is 5.92. The SMILES string of the molecule is CC(C)(N)CNCCc1ccc2c(c1)OCCCO2. The molecule has 0 saturated heterocycles. The maximum Gasteiger partial charge on any atom is 0.161 e. The zero-order chi connectivity index (χ0) is 13.7. The Labute approximate surface area is 115 Å². The van der Waals surface area contributed by atoms with Crippen LogP contribution in [0.1, 0.15) is 25.8 Å². The topological polar surface area (TPSA) is 56.5 Å². The Morgan fingerprint density at radius 2 is 1.95 bits per heavy atom. The molecule has 0 unspecified atom stereocenters. The normalized spacial score (nSPS) is 15.1. The van der Waals surface area contributed by atoms with Crippen LogP contribution in [0.3, 0.4) is 0 Å². The van der Waals surface area contributed by atoms with Gasteiger partial charge in [-0.2, -0.15) is 0 Å². The average molecular weight is 264 g/mol. The Kier molecular flexibility index (Phi) is 4.66. The fraction of sp³-hybridized carbons (Fsp3) is 0.600. The molecule has 0 amide bonds. The van der Waals surface area contributed by atoms with E-state index < -0.39 is 0 Å². The molecule has 0 aliphatic carbocycles. The molecular weight excluding hydrogens is 240 g/mol. The predicted octanol–water partition coefficient (Wildman–Crippen LogP) is 1.72. The van der Waals surface area contributed by atoms with Crippen LogP contribution in [-0.2, 0) is 6.42 Å². The molecule has 4 nitrogen and oxygen atoms in total. The highest BCUT2D eigenvalue weighted by atomic mass is 16.5. The van der Waals surface area contributed by atoms with Crippen LogP contribution in [0, 0.1) is 0 Å². The second-order valence-electron chi connectivity index (χ2n) is 5.75. The quantitative estimate of drug-likeness (QED) is 0.795. The van der Waals surface area contributed by atoms with Crippen LogP contribution < -0.4 is 20.5 Å². The van der Waals surface area contributed by atoms with Crippen molar-refractivity contribution in [2.24, 2.45) is 5.73 Å². The number of rotatable bonds is 5. The van der Waals surface area contributed by atoms with Gasteiger partial charge in [0.2, 0.25) is 0 Å². The van der Waals surface area contributed by atoms with Gasteiger partial charge in [0, 0.05) is 18.5 Å². The first-order valence-electron chi connectivity index (χ1n) is 6.93. The van der Waals surface area contributed by atoms with E-state index in [4.69, 9.17) is 15.2 Å². The van der Waals surface area contributed by atoms with Crippen molar-refractivity contribution in [1.29, 1.82) is 0 Å². The monoisotopic (exact) mass is 264 g/mol. The average Bonchev–Trinajstić information content (AvgIpc) is 2.58. The zero-order valence-electron chi connectivity index (χ0n) is 11.9. The summed E-state index contributed by atoms with van der Waals surface area (Å²) in [6.07, 6.45) is 1.91. The van der Waals surface area contributed by atoms with Gasteiger partial charge in [-0.15, -0.1) is 0 Å². The van der Waals surface area contributed by atoms with Gasteiger partial charge in [-0.25, -0.2) is 0 Å². The Balaban J connectivity index is 1.86. The van der Waals surface area contributed by atoms with E-state index >= 15 is 0 Å². The van der Waals surface area contributed by atoms with Crippen LogP contribution in [0.4, 0.5) is 0 Å². The second kappa shape index (κ2) is 6.26. The molecule has 1 aliphatic rings. The highest BCUT2D eigenvalue weighted by Gasteiger charge is 2.11. The summed E-state index contributed by atoms with van der Waals surface area (Å²) >= 11 is 0. The lowest BCUT2D eigenvalue weighted by atomic mass is 10.1. The minimum Gasteiger partial charge on any atom is -0.490 e. The third-order valence-electron chi connectivity index (χ3n) is 2.98. The fourth-order valence-electron chi connectivity index (χ4n) is 2.01. The molecule has 19 heavy (non-hydrogen) atoms.